The Bertz CT molecular complexity index is 1350. The third kappa shape index (κ3) is 9.56. The SMILES string of the molecule is CNC(=O)CCCNC(=O)c1cccc([N+](=O)[O-])c1.COc1cc(C=N)ccc1OC(=O)c1ccccc1Cl. The van der Waals surface area contributed by atoms with Crippen molar-refractivity contribution in [1.82, 2.24) is 10.6 Å². The normalized spacial score (nSPS) is 9.82. The van der Waals surface area contributed by atoms with Crippen LogP contribution in [0.4, 0.5) is 5.69 Å². The molecule has 12 heteroatoms. The Balaban J connectivity index is 0.000000274. The number of nitrogens with one attached hydrogen (secondary N) is 3. The van der Waals surface area contributed by atoms with Crippen LogP contribution in [0.25, 0.3) is 0 Å². The quantitative estimate of drug-likeness (QED) is 0.0834. The number of nitro benzene ring substituents is 1. The third-order valence-corrected chi connectivity index (χ3v) is 5.44. The number of carbonyl (C=O) groups is 3. The first-order valence-corrected chi connectivity index (χ1v) is 12.0. The summed E-state index contributed by atoms with van der Waals surface area (Å²) in [6.45, 7) is 0.342. The van der Waals surface area contributed by atoms with Crippen molar-refractivity contribution in [3.63, 3.8) is 0 Å². The van der Waals surface area contributed by atoms with Crippen LogP contribution in [0.1, 0.15) is 39.1 Å². The second kappa shape index (κ2) is 15.5. The Labute approximate surface area is 229 Å². The van der Waals surface area contributed by atoms with Crippen molar-refractivity contribution in [3.8, 4) is 11.5 Å². The topological polar surface area (TPSA) is 161 Å². The predicted molar refractivity (Wildman–Crippen MR) is 146 cm³/mol. The molecular formula is C27H27ClN4O7. The molecule has 3 N–H and O–H groups in total. The van der Waals surface area contributed by atoms with Gasteiger partial charge in [0.2, 0.25) is 5.91 Å². The van der Waals surface area contributed by atoms with E-state index in [4.69, 9.17) is 26.5 Å². The molecule has 0 spiro atoms. The van der Waals surface area contributed by atoms with Crippen LogP contribution in [0.15, 0.2) is 66.7 Å². The van der Waals surface area contributed by atoms with E-state index in [0.29, 0.717) is 35.7 Å². The number of carbonyl (C=O) groups excluding carboxylic acids is 3. The van der Waals surface area contributed by atoms with Gasteiger partial charge in [-0.15, -0.1) is 0 Å². The fourth-order valence-electron chi connectivity index (χ4n) is 3.08. The molecule has 0 unspecified atom stereocenters. The largest absolute Gasteiger partial charge is 0.493 e. The summed E-state index contributed by atoms with van der Waals surface area (Å²) in [6.07, 6.45) is 2.02. The smallest absolute Gasteiger partial charge is 0.345 e. The van der Waals surface area contributed by atoms with Gasteiger partial charge < -0.3 is 25.5 Å². The lowest BCUT2D eigenvalue weighted by Gasteiger charge is -2.10. The molecule has 0 aliphatic rings. The van der Waals surface area contributed by atoms with E-state index < -0.39 is 10.9 Å². The maximum Gasteiger partial charge on any atom is 0.345 e. The van der Waals surface area contributed by atoms with Crippen LogP contribution < -0.4 is 20.1 Å². The van der Waals surface area contributed by atoms with E-state index in [0.717, 1.165) is 0 Å². The molecule has 0 bridgehead atoms. The highest BCUT2D eigenvalue weighted by atomic mass is 35.5. The van der Waals surface area contributed by atoms with Gasteiger partial charge in [0.1, 0.15) is 0 Å². The molecule has 0 saturated carbocycles. The Kier molecular flexibility index (Phi) is 12.1. The Morgan fingerprint density at radius 1 is 1.05 bits per heavy atom. The number of halogens is 1. The predicted octanol–water partition coefficient (Wildman–Crippen LogP) is 4.42. The summed E-state index contributed by atoms with van der Waals surface area (Å²) < 4.78 is 10.4. The van der Waals surface area contributed by atoms with Crippen LogP contribution >= 0.6 is 11.6 Å². The maximum atomic E-state index is 12.1. The van der Waals surface area contributed by atoms with Crippen LogP contribution in [0.3, 0.4) is 0 Å². The second-order valence-electron chi connectivity index (χ2n) is 7.76. The van der Waals surface area contributed by atoms with Gasteiger partial charge in [-0.2, -0.15) is 0 Å². The van der Waals surface area contributed by atoms with Crippen LogP contribution in [0, 0.1) is 15.5 Å². The molecule has 0 aliphatic heterocycles. The number of esters is 1. The van der Waals surface area contributed by atoms with E-state index in [9.17, 15) is 24.5 Å². The van der Waals surface area contributed by atoms with Gasteiger partial charge in [0, 0.05) is 43.9 Å². The molecule has 0 saturated heterocycles. The van der Waals surface area contributed by atoms with Crippen molar-refractivity contribution < 1.29 is 28.8 Å². The zero-order valence-electron chi connectivity index (χ0n) is 21.2. The number of ether oxygens (including phenoxy) is 2. The Morgan fingerprint density at radius 3 is 2.44 bits per heavy atom. The highest BCUT2D eigenvalue weighted by Crippen LogP contribution is 2.29. The molecule has 0 aromatic heterocycles. The summed E-state index contributed by atoms with van der Waals surface area (Å²) in [7, 11) is 3.01. The average molecular weight is 555 g/mol. The van der Waals surface area contributed by atoms with Gasteiger partial charge in [-0.1, -0.05) is 29.8 Å². The van der Waals surface area contributed by atoms with Crippen molar-refractivity contribution in [2.75, 3.05) is 20.7 Å². The minimum absolute atomic E-state index is 0.0930. The number of nitrogens with zero attached hydrogens (tertiary/aromatic N) is 1. The third-order valence-electron chi connectivity index (χ3n) is 5.11. The van der Waals surface area contributed by atoms with E-state index in [-0.39, 0.29) is 34.4 Å². The number of rotatable bonds is 10. The number of hydrogen-bond donors (Lipinski definition) is 3. The molecule has 0 fully saturated rings. The summed E-state index contributed by atoms with van der Waals surface area (Å²) in [5, 5.41) is 23.2. The monoisotopic (exact) mass is 554 g/mol. The molecule has 0 atom stereocenters. The number of benzene rings is 3. The molecule has 3 rings (SSSR count). The summed E-state index contributed by atoms with van der Waals surface area (Å²) in [5.41, 5.74) is 1.04. The molecule has 11 nitrogen and oxygen atoms in total. The highest BCUT2D eigenvalue weighted by Gasteiger charge is 2.15. The summed E-state index contributed by atoms with van der Waals surface area (Å²) in [4.78, 5) is 44.7. The minimum atomic E-state index is -0.559. The van der Waals surface area contributed by atoms with Gasteiger partial charge in [-0.05, 0) is 48.4 Å². The van der Waals surface area contributed by atoms with Crippen molar-refractivity contribution in [2.45, 2.75) is 12.8 Å². The average Bonchev–Trinajstić information content (AvgIpc) is 2.95. The summed E-state index contributed by atoms with van der Waals surface area (Å²) >= 11 is 5.94. The van der Waals surface area contributed by atoms with Crippen LogP contribution in [-0.2, 0) is 4.79 Å². The second-order valence-corrected chi connectivity index (χ2v) is 8.17. The number of methoxy groups -OCH3 is 1. The lowest BCUT2D eigenvalue weighted by atomic mass is 10.2. The van der Waals surface area contributed by atoms with Crippen molar-refractivity contribution in [3.05, 3.63) is 98.6 Å². The van der Waals surface area contributed by atoms with Gasteiger partial charge >= 0.3 is 5.97 Å². The van der Waals surface area contributed by atoms with Gasteiger partial charge in [0.25, 0.3) is 11.6 Å². The van der Waals surface area contributed by atoms with E-state index in [1.165, 1.54) is 37.6 Å². The lowest BCUT2D eigenvalue weighted by Crippen LogP contribution is -2.26. The van der Waals surface area contributed by atoms with E-state index in [1.54, 1.807) is 49.5 Å². The van der Waals surface area contributed by atoms with Gasteiger partial charge in [0.15, 0.2) is 11.5 Å². The zero-order valence-corrected chi connectivity index (χ0v) is 22.0. The van der Waals surface area contributed by atoms with Crippen molar-refractivity contribution in [2.24, 2.45) is 0 Å². The molecule has 0 aliphatic carbocycles. The summed E-state index contributed by atoms with van der Waals surface area (Å²) in [5.74, 6) is -0.379. The Morgan fingerprint density at radius 2 is 1.79 bits per heavy atom. The van der Waals surface area contributed by atoms with Crippen LogP contribution in [0.2, 0.25) is 5.02 Å². The minimum Gasteiger partial charge on any atom is -0.493 e. The fourth-order valence-corrected chi connectivity index (χ4v) is 3.29. The van der Waals surface area contributed by atoms with Gasteiger partial charge in [-0.3, -0.25) is 19.7 Å². The number of amides is 2. The molecular weight excluding hydrogens is 528 g/mol. The lowest BCUT2D eigenvalue weighted by molar-refractivity contribution is -0.384. The summed E-state index contributed by atoms with van der Waals surface area (Å²) in [6, 6.07) is 17.0. The highest BCUT2D eigenvalue weighted by molar-refractivity contribution is 6.33. The zero-order chi connectivity index (χ0) is 28.8. The maximum absolute atomic E-state index is 12.1. The van der Waals surface area contributed by atoms with Crippen molar-refractivity contribution in [1.29, 1.82) is 5.41 Å². The number of non-ortho nitro benzene ring substituents is 1. The fraction of sp³-hybridized carbons (Fsp3) is 0.185. The first kappa shape index (κ1) is 30.5. The first-order chi connectivity index (χ1) is 18.7. The number of hydrogen-bond acceptors (Lipinski definition) is 8. The van der Waals surface area contributed by atoms with E-state index in [1.807, 2.05) is 0 Å². The first-order valence-electron chi connectivity index (χ1n) is 11.6. The Hall–Kier alpha value is -4.77. The molecule has 3 aromatic rings. The van der Waals surface area contributed by atoms with E-state index in [2.05, 4.69) is 10.6 Å². The molecule has 0 heterocycles. The van der Waals surface area contributed by atoms with Crippen LogP contribution in [0.5, 0.6) is 11.5 Å². The van der Waals surface area contributed by atoms with E-state index >= 15 is 0 Å². The standard InChI is InChI=1S/C15H12ClNO3.C12H15N3O4/c1-19-14-8-10(9-17)6-7-13(14)20-15(18)11-4-2-3-5-12(11)16;1-13-11(16)6-3-7-14-12(17)9-4-2-5-10(8-9)15(18)19/h2-9,17H,1H3;2,4-5,8H,3,6-7H2,1H3,(H,13,16)(H,14,17). The molecule has 39 heavy (non-hydrogen) atoms. The molecule has 2 amide bonds. The van der Waals surface area contributed by atoms with Crippen molar-refractivity contribution >= 4 is 41.3 Å². The molecule has 3 aromatic carbocycles. The van der Waals surface area contributed by atoms with Gasteiger partial charge in [-0.25, -0.2) is 4.79 Å². The number of nitro groups is 1. The molecule has 0 radical (unpaired) electrons. The van der Waals surface area contributed by atoms with Crippen LogP contribution in [-0.4, -0.2) is 49.6 Å². The van der Waals surface area contributed by atoms with Gasteiger partial charge in [0.05, 0.1) is 22.6 Å². The molecule has 204 valence electrons.